The zero-order valence-electron chi connectivity index (χ0n) is 10.6. The van der Waals surface area contributed by atoms with E-state index < -0.39 is 5.97 Å². The van der Waals surface area contributed by atoms with Gasteiger partial charge >= 0.3 is 5.97 Å². The van der Waals surface area contributed by atoms with Crippen molar-refractivity contribution in [2.75, 3.05) is 0 Å². The highest BCUT2D eigenvalue weighted by Gasteiger charge is 1.97. The molecular formula is C16H13ClO2S. The zero-order valence-corrected chi connectivity index (χ0v) is 12.2. The SMILES string of the molecule is O=C(O)C=Cc1ccc(CSc2ccc(Cl)cc2)cc1. The van der Waals surface area contributed by atoms with Crippen LogP contribution in [0.5, 0.6) is 0 Å². The van der Waals surface area contributed by atoms with Gasteiger partial charge in [0.05, 0.1) is 0 Å². The highest BCUT2D eigenvalue weighted by atomic mass is 35.5. The predicted molar refractivity (Wildman–Crippen MR) is 84.1 cm³/mol. The van der Waals surface area contributed by atoms with E-state index in [0.29, 0.717) is 0 Å². The Morgan fingerprint density at radius 3 is 2.35 bits per heavy atom. The summed E-state index contributed by atoms with van der Waals surface area (Å²) >= 11 is 7.58. The van der Waals surface area contributed by atoms with Crippen LogP contribution < -0.4 is 0 Å². The van der Waals surface area contributed by atoms with E-state index in [-0.39, 0.29) is 0 Å². The summed E-state index contributed by atoms with van der Waals surface area (Å²) in [4.78, 5) is 11.6. The minimum atomic E-state index is -0.938. The average molecular weight is 305 g/mol. The maximum atomic E-state index is 10.4. The quantitative estimate of drug-likeness (QED) is 0.641. The van der Waals surface area contributed by atoms with Gasteiger partial charge in [0.1, 0.15) is 0 Å². The predicted octanol–water partition coefficient (Wildman–Crippen LogP) is 4.73. The Kier molecular flexibility index (Phi) is 5.27. The number of thioether (sulfide) groups is 1. The van der Waals surface area contributed by atoms with Crippen LogP contribution in [0.25, 0.3) is 6.08 Å². The molecule has 1 N–H and O–H groups in total. The van der Waals surface area contributed by atoms with Gasteiger partial charge in [-0.1, -0.05) is 35.9 Å². The molecule has 0 saturated heterocycles. The lowest BCUT2D eigenvalue weighted by Gasteiger charge is -2.03. The lowest BCUT2D eigenvalue weighted by molar-refractivity contribution is -0.131. The smallest absolute Gasteiger partial charge is 0.328 e. The summed E-state index contributed by atoms with van der Waals surface area (Å²) in [7, 11) is 0. The summed E-state index contributed by atoms with van der Waals surface area (Å²) in [6, 6.07) is 15.6. The summed E-state index contributed by atoms with van der Waals surface area (Å²) in [6.07, 6.45) is 2.72. The largest absolute Gasteiger partial charge is 0.478 e. The third kappa shape index (κ3) is 4.76. The monoisotopic (exact) mass is 304 g/mol. The maximum absolute atomic E-state index is 10.4. The number of halogens is 1. The standard InChI is InChI=1S/C16H13ClO2S/c17-14-6-8-15(9-7-14)20-11-13-3-1-12(2-4-13)5-10-16(18)19/h1-10H,11H2,(H,18,19). The van der Waals surface area contributed by atoms with Gasteiger partial charge in [-0.25, -0.2) is 4.79 Å². The summed E-state index contributed by atoms with van der Waals surface area (Å²) in [6.45, 7) is 0. The summed E-state index contributed by atoms with van der Waals surface area (Å²) in [5.74, 6) is -0.0720. The van der Waals surface area contributed by atoms with Crippen LogP contribution in [0.4, 0.5) is 0 Å². The molecule has 0 aliphatic heterocycles. The van der Waals surface area contributed by atoms with E-state index in [0.717, 1.165) is 22.4 Å². The van der Waals surface area contributed by atoms with Crippen LogP contribution in [0.3, 0.4) is 0 Å². The van der Waals surface area contributed by atoms with E-state index in [1.165, 1.54) is 10.5 Å². The van der Waals surface area contributed by atoms with Crippen LogP contribution in [-0.2, 0) is 10.5 Å². The first-order valence-electron chi connectivity index (χ1n) is 6.02. The molecule has 0 saturated carbocycles. The van der Waals surface area contributed by atoms with Gasteiger partial charge in [-0.2, -0.15) is 0 Å². The normalized spacial score (nSPS) is 10.8. The Hall–Kier alpha value is -1.71. The van der Waals surface area contributed by atoms with Gasteiger partial charge in [0, 0.05) is 21.7 Å². The Bertz CT molecular complexity index is 603. The van der Waals surface area contributed by atoms with Gasteiger partial charge in [-0.15, -0.1) is 11.8 Å². The molecule has 2 aromatic carbocycles. The third-order valence-corrected chi connectivity index (χ3v) is 3.95. The zero-order chi connectivity index (χ0) is 14.4. The average Bonchev–Trinajstić information content (AvgIpc) is 2.45. The van der Waals surface area contributed by atoms with Gasteiger partial charge < -0.3 is 5.11 Å². The number of hydrogen-bond donors (Lipinski definition) is 1. The lowest BCUT2D eigenvalue weighted by Crippen LogP contribution is -1.86. The van der Waals surface area contributed by atoms with E-state index in [4.69, 9.17) is 16.7 Å². The lowest BCUT2D eigenvalue weighted by atomic mass is 10.1. The Morgan fingerprint density at radius 2 is 1.75 bits per heavy atom. The molecule has 0 aliphatic carbocycles. The van der Waals surface area contributed by atoms with Crippen LogP contribution in [0.2, 0.25) is 5.02 Å². The van der Waals surface area contributed by atoms with Crippen LogP contribution in [0, 0.1) is 0 Å². The number of rotatable bonds is 5. The number of carboxylic acid groups (broad SMARTS) is 1. The van der Waals surface area contributed by atoms with Gasteiger partial charge in [-0.3, -0.25) is 0 Å². The second-order valence-corrected chi connectivity index (χ2v) is 5.64. The molecule has 0 amide bonds. The van der Waals surface area contributed by atoms with Crippen molar-refractivity contribution < 1.29 is 9.90 Å². The van der Waals surface area contributed by atoms with Crippen LogP contribution >= 0.6 is 23.4 Å². The fraction of sp³-hybridized carbons (Fsp3) is 0.0625. The van der Waals surface area contributed by atoms with Crippen molar-refractivity contribution in [2.24, 2.45) is 0 Å². The summed E-state index contributed by atoms with van der Waals surface area (Å²) in [5, 5.41) is 9.30. The van der Waals surface area contributed by atoms with E-state index in [1.54, 1.807) is 17.8 Å². The molecule has 0 fully saturated rings. The highest BCUT2D eigenvalue weighted by Crippen LogP contribution is 2.24. The number of carboxylic acids is 1. The molecule has 0 bridgehead atoms. The van der Waals surface area contributed by atoms with Crippen molar-refractivity contribution in [2.45, 2.75) is 10.6 Å². The van der Waals surface area contributed by atoms with Gasteiger partial charge in [0.2, 0.25) is 0 Å². The molecule has 2 aromatic rings. The molecule has 2 rings (SSSR count). The first-order chi connectivity index (χ1) is 9.63. The van der Waals surface area contributed by atoms with Crippen molar-refractivity contribution >= 4 is 35.4 Å². The second kappa shape index (κ2) is 7.17. The molecule has 0 atom stereocenters. The molecule has 4 heteroatoms. The van der Waals surface area contributed by atoms with Crippen molar-refractivity contribution in [3.63, 3.8) is 0 Å². The van der Waals surface area contributed by atoms with E-state index >= 15 is 0 Å². The molecular weight excluding hydrogens is 292 g/mol. The number of hydrogen-bond acceptors (Lipinski definition) is 2. The fourth-order valence-electron chi connectivity index (χ4n) is 1.59. The molecule has 0 radical (unpaired) electrons. The maximum Gasteiger partial charge on any atom is 0.328 e. The van der Waals surface area contributed by atoms with Crippen LogP contribution in [0.15, 0.2) is 59.5 Å². The molecule has 2 nitrogen and oxygen atoms in total. The summed E-state index contributed by atoms with van der Waals surface area (Å²) in [5.41, 5.74) is 2.07. The number of benzene rings is 2. The minimum Gasteiger partial charge on any atom is -0.478 e. The van der Waals surface area contributed by atoms with Gasteiger partial charge in [-0.05, 0) is 41.5 Å². The molecule has 20 heavy (non-hydrogen) atoms. The Labute approximate surface area is 127 Å². The molecule has 0 unspecified atom stereocenters. The molecule has 0 spiro atoms. The Balaban J connectivity index is 1.93. The van der Waals surface area contributed by atoms with Crippen LogP contribution in [0.1, 0.15) is 11.1 Å². The van der Waals surface area contributed by atoms with Gasteiger partial charge in [0.15, 0.2) is 0 Å². The van der Waals surface area contributed by atoms with Crippen molar-refractivity contribution in [1.82, 2.24) is 0 Å². The highest BCUT2D eigenvalue weighted by molar-refractivity contribution is 7.98. The molecule has 0 heterocycles. The first-order valence-corrected chi connectivity index (χ1v) is 7.38. The molecule has 0 aromatic heterocycles. The van der Waals surface area contributed by atoms with Crippen molar-refractivity contribution in [3.8, 4) is 0 Å². The fourth-order valence-corrected chi connectivity index (χ4v) is 2.57. The minimum absolute atomic E-state index is 0.740. The second-order valence-electron chi connectivity index (χ2n) is 4.16. The summed E-state index contributed by atoms with van der Waals surface area (Å²) < 4.78 is 0. The molecule has 0 aliphatic rings. The van der Waals surface area contributed by atoms with Crippen LogP contribution in [-0.4, -0.2) is 11.1 Å². The van der Waals surface area contributed by atoms with Crippen molar-refractivity contribution in [1.29, 1.82) is 0 Å². The van der Waals surface area contributed by atoms with E-state index in [2.05, 4.69) is 0 Å². The molecule has 102 valence electrons. The van der Waals surface area contributed by atoms with E-state index in [9.17, 15) is 4.79 Å². The number of carbonyl (C=O) groups is 1. The number of aliphatic carboxylic acids is 1. The third-order valence-electron chi connectivity index (χ3n) is 2.62. The topological polar surface area (TPSA) is 37.3 Å². The first kappa shape index (κ1) is 14.7. The van der Waals surface area contributed by atoms with E-state index in [1.807, 2.05) is 48.5 Å². The Morgan fingerprint density at radius 1 is 1.10 bits per heavy atom. The van der Waals surface area contributed by atoms with Crippen molar-refractivity contribution in [3.05, 3.63) is 70.8 Å². The van der Waals surface area contributed by atoms with Gasteiger partial charge in [0.25, 0.3) is 0 Å².